The standard InChI is InChI=1S/C35H61N3O4/c1-27-34(29-20-14-9-5-6-10-15-21-29)35(42)30(38-27)22-16-11-17-25-36-33(41)26-37-32(40)24-23-31(39)28-18-12-7-3-2-4-8-13-19-28/h27-30,34,38H,2-26H2,1H3,(H,36,41)(H,37,40). The number of rotatable bonds is 13. The van der Waals surface area contributed by atoms with Gasteiger partial charge in [0, 0.05) is 37.3 Å². The Labute approximate surface area is 255 Å². The number of Topliss-reactive ketones (excluding diaryl/α,β-unsaturated/α-hetero) is 2. The van der Waals surface area contributed by atoms with E-state index in [1.54, 1.807) is 0 Å². The minimum absolute atomic E-state index is 0.0181. The van der Waals surface area contributed by atoms with Crippen molar-refractivity contribution in [3.8, 4) is 0 Å². The fraction of sp³-hybridized carbons (Fsp3) is 0.886. The van der Waals surface area contributed by atoms with Gasteiger partial charge in [0.2, 0.25) is 11.8 Å². The van der Waals surface area contributed by atoms with E-state index in [0.29, 0.717) is 18.2 Å². The molecular formula is C35H61N3O4. The van der Waals surface area contributed by atoms with Gasteiger partial charge in [0.05, 0.1) is 12.6 Å². The van der Waals surface area contributed by atoms with Crippen molar-refractivity contribution in [1.82, 2.24) is 16.0 Å². The number of carbonyl (C=O) groups excluding carboxylic acids is 4. The predicted octanol–water partition coefficient (Wildman–Crippen LogP) is 6.57. The number of nitrogens with one attached hydrogen (secondary N) is 3. The first-order valence-corrected chi connectivity index (χ1v) is 17.8. The fourth-order valence-corrected chi connectivity index (χ4v) is 7.65. The highest BCUT2D eigenvalue weighted by Crippen LogP contribution is 2.35. The summed E-state index contributed by atoms with van der Waals surface area (Å²) in [7, 11) is 0. The van der Waals surface area contributed by atoms with Crippen LogP contribution in [0.15, 0.2) is 0 Å². The summed E-state index contributed by atoms with van der Waals surface area (Å²) in [6.45, 7) is 2.72. The molecule has 1 aliphatic heterocycles. The number of hydrogen-bond acceptors (Lipinski definition) is 5. The quantitative estimate of drug-likeness (QED) is 0.212. The lowest BCUT2D eigenvalue weighted by atomic mass is 9.79. The summed E-state index contributed by atoms with van der Waals surface area (Å²) in [6, 6.07) is 0.256. The number of unbranched alkanes of at least 4 members (excludes halogenated alkanes) is 2. The SMILES string of the molecule is CC1NC(CCCCCNC(=O)CNC(=O)CCC(=O)C2CCCCCCCCC2)C(=O)C1C1CCCCCCCC1. The lowest BCUT2D eigenvalue weighted by molar-refractivity contribution is -0.128. The van der Waals surface area contributed by atoms with Crippen LogP contribution in [0.1, 0.15) is 155 Å². The van der Waals surface area contributed by atoms with Crippen molar-refractivity contribution in [3.63, 3.8) is 0 Å². The molecule has 0 aromatic rings. The number of amides is 2. The molecule has 1 heterocycles. The maximum atomic E-state index is 13.3. The molecule has 3 rings (SSSR count). The van der Waals surface area contributed by atoms with Crippen molar-refractivity contribution in [2.24, 2.45) is 17.8 Å². The molecule has 2 saturated carbocycles. The Hall–Kier alpha value is -1.76. The van der Waals surface area contributed by atoms with Crippen molar-refractivity contribution < 1.29 is 19.2 Å². The molecule has 2 aliphatic carbocycles. The second-order valence-corrected chi connectivity index (χ2v) is 13.6. The Morgan fingerprint density at radius 2 is 1.26 bits per heavy atom. The predicted molar refractivity (Wildman–Crippen MR) is 169 cm³/mol. The van der Waals surface area contributed by atoms with E-state index in [9.17, 15) is 19.2 Å². The summed E-state index contributed by atoms with van der Waals surface area (Å²) in [4.78, 5) is 50.4. The molecule has 42 heavy (non-hydrogen) atoms. The first-order valence-electron chi connectivity index (χ1n) is 17.8. The van der Waals surface area contributed by atoms with E-state index in [1.165, 1.54) is 83.5 Å². The van der Waals surface area contributed by atoms with Gasteiger partial charge in [-0.15, -0.1) is 0 Å². The molecule has 2 amide bonds. The summed E-state index contributed by atoms with van der Waals surface area (Å²) in [6.07, 6.45) is 24.7. The van der Waals surface area contributed by atoms with Crippen LogP contribution >= 0.6 is 0 Å². The number of carbonyl (C=O) groups is 4. The highest BCUT2D eigenvalue weighted by atomic mass is 16.2. The third-order valence-electron chi connectivity index (χ3n) is 10.2. The summed E-state index contributed by atoms with van der Waals surface area (Å²) >= 11 is 0. The zero-order valence-corrected chi connectivity index (χ0v) is 26.7. The van der Waals surface area contributed by atoms with E-state index in [0.717, 1.165) is 51.4 Å². The van der Waals surface area contributed by atoms with Crippen molar-refractivity contribution in [3.05, 3.63) is 0 Å². The van der Waals surface area contributed by atoms with Gasteiger partial charge in [-0.2, -0.15) is 0 Å². The second-order valence-electron chi connectivity index (χ2n) is 13.6. The molecule has 0 aromatic carbocycles. The van der Waals surface area contributed by atoms with Crippen LogP contribution in [0, 0.1) is 17.8 Å². The number of ketones is 2. The van der Waals surface area contributed by atoms with Crippen molar-refractivity contribution >= 4 is 23.4 Å². The molecule has 7 heteroatoms. The van der Waals surface area contributed by atoms with Gasteiger partial charge in [-0.3, -0.25) is 19.2 Å². The average Bonchev–Trinajstić information content (AvgIpc) is 3.34. The van der Waals surface area contributed by atoms with E-state index in [1.807, 2.05) is 0 Å². The Morgan fingerprint density at radius 1 is 0.690 bits per heavy atom. The molecule has 1 saturated heterocycles. The lowest BCUT2D eigenvalue weighted by Crippen LogP contribution is -2.37. The van der Waals surface area contributed by atoms with Crippen LogP contribution in [0.25, 0.3) is 0 Å². The van der Waals surface area contributed by atoms with Crippen molar-refractivity contribution in [2.75, 3.05) is 13.1 Å². The smallest absolute Gasteiger partial charge is 0.239 e. The molecule has 7 nitrogen and oxygen atoms in total. The molecule has 0 spiro atoms. The number of hydrogen-bond donors (Lipinski definition) is 3. The largest absolute Gasteiger partial charge is 0.355 e. The molecule has 0 radical (unpaired) electrons. The molecule has 0 aromatic heterocycles. The third kappa shape index (κ3) is 12.9. The molecule has 240 valence electrons. The molecule has 3 aliphatic rings. The van der Waals surface area contributed by atoms with Crippen LogP contribution in [-0.2, 0) is 19.2 Å². The zero-order valence-electron chi connectivity index (χ0n) is 26.7. The summed E-state index contributed by atoms with van der Waals surface area (Å²) in [5.74, 6) is 1.05. The maximum absolute atomic E-state index is 13.3. The minimum atomic E-state index is -0.227. The zero-order chi connectivity index (χ0) is 30.0. The molecule has 0 bridgehead atoms. The molecular weight excluding hydrogens is 526 g/mol. The van der Waals surface area contributed by atoms with Crippen LogP contribution in [-0.4, -0.2) is 48.6 Å². The molecule has 3 unspecified atom stereocenters. The monoisotopic (exact) mass is 587 g/mol. The Kier molecular flexibility index (Phi) is 16.7. The van der Waals surface area contributed by atoms with Gasteiger partial charge >= 0.3 is 0 Å². The van der Waals surface area contributed by atoms with E-state index in [-0.39, 0.29) is 60.9 Å². The highest BCUT2D eigenvalue weighted by Gasteiger charge is 2.42. The summed E-state index contributed by atoms with van der Waals surface area (Å²) < 4.78 is 0. The van der Waals surface area contributed by atoms with E-state index in [4.69, 9.17) is 0 Å². The van der Waals surface area contributed by atoms with E-state index >= 15 is 0 Å². The van der Waals surface area contributed by atoms with Gasteiger partial charge in [-0.05, 0) is 51.4 Å². The molecule has 3 atom stereocenters. The van der Waals surface area contributed by atoms with Gasteiger partial charge in [0.1, 0.15) is 5.78 Å². The van der Waals surface area contributed by atoms with E-state index in [2.05, 4.69) is 22.9 Å². The minimum Gasteiger partial charge on any atom is -0.355 e. The first-order chi connectivity index (χ1) is 20.5. The fourth-order valence-electron chi connectivity index (χ4n) is 7.65. The van der Waals surface area contributed by atoms with E-state index < -0.39 is 0 Å². The molecule has 3 fully saturated rings. The second kappa shape index (κ2) is 20.2. The Bertz CT molecular complexity index is 811. The highest BCUT2D eigenvalue weighted by molar-refractivity contribution is 5.89. The average molecular weight is 588 g/mol. The van der Waals surface area contributed by atoms with Gasteiger partial charge in [0.25, 0.3) is 0 Å². The third-order valence-corrected chi connectivity index (χ3v) is 10.2. The van der Waals surface area contributed by atoms with Crippen LogP contribution < -0.4 is 16.0 Å². The molecule has 3 N–H and O–H groups in total. The van der Waals surface area contributed by atoms with Crippen molar-refractivity contribution in [2.45, 2.75) is 167 Å². The maximum Gasteiger partial charge on any atom is 0.239 e. The lowest BCUT2D eigenvalue weighted by Gasteiger charge is -2.25. The van der Waals surface area contributed by atoms with Crippen molar-refractivity contribution in [1.29, 1.82) is 0 Å². The van der Waals surface area contributed by atoms with Gasteiger partial charge < -0.3 is 16.0 Å². The van der Waals surface area contributed by atoms with Gasteiger partial charge in [-0.1, -0.05) is 96.3 Å². The topological polar surface area (TPSA) is 104 Å². The van der Waals surface area contributed by atoms with Gasteiger partial charge in [-0.25, -0.2) is 0 Å². The Balaban J connectivity index is 1.22. The Morgan fingerprint density at radius 3 is 1.88 bits per heavy atom. The van der Waals surface area contributed by atoms with Crippen LogP contribution in [0.5, 0.6) is 0 Å². The normalized spacial score (nSPS) is 25.6. The van der Waals surface area contributed by atoms with Gasteiger partial charge in [0.15, 0.2) is 5.78 Å². The first kappa shape index (κ1) is 34.7. The summed E-state index contributed by atoms with van der Waals surface area (Å²) in [5.41, 5.74) is 0. The van der Waals surface area contributed by atoms with Crippen LogP contribution in [0.4, 0.5) is 0 Å². The summed E-state index contributed by atoms with van der Waals surface area (Å²) in [5, 5.41) is 9.16. The van der Waals surface area contributed by atoms with Crippen LogP contribution in [0.2, 0.25) is 0 Å². The van der Waals surface area contributed by atoms with Crippen LogP contribution in [0.3, 0.4) is 0 Å².